The molecule has 19 heavy (non-hydrogen) atoms. The summed E-state index contributed by atoms with van der Waals surface area (Å²) < 4.78 is 1.02. The molecule has 3 aromatic rings. The first kappa shape index (κ1) is 12.8. The van der Waals surface area contributed by atoms with Crippen molar-refractivity contribution in [1.82, 2.24) is 9.97 Å². The summed E-state index contributed by atoms with van der Waals surface area (Å²) in [5, 5.41) is 6.09. The van der Waals surface area contributed by atoms with Gasteiger partial charge in [0.1, 0.15) is 5.01 Å². The smallest absolute Gasteiger partial charge is 0.184 e. The summed E-state index contributed by atoms with van der Waals surface area (Å²) in [6, 6.07) is 5.93. The molecule has 0 saturated carbocycles. The van der Waals surface area contributed by atoms with Crippen molar-refractivity contribution in [3.05, 3.63) is 39.3 Å². The number of aryl methyl sites for hydroxylation is 1. The van der Waals surface area contributed by atoms with Gasteiger partial charge in [0.25, 0.3) is 0 Å². The number of hydrogen-bond acceptors (Lipinski definition) is 5. The highest BCUT2D eigenvalue weighted by Crippen LogP contribution is 2.33. The van der Waals surface area contributed by atoms with Gasteiger partial charge in [0.05, 0.1) is 21.3 Å². The number of aromatic nitrogens is 2. The molecule has 2 aromatic heterocycles. The average molecular weight is 310 g/mol. The Labute approximate surface area is 124 Å². The van der Waals surface area contributed by atoms with Gasteiger partial charge in [-0.2, -0.15) is 0 Å². The number of nitrogens with one attached hydrogen (secondary N) is 1. The van der Waals surface area contributed by atoms with E-state index >= 15 is 0 Å². The molecule has 0 fully saturated rings. The Morgan fingerprint density at radius 2 is 2.16 bits per heavy atom. The Balaban J connectivity index is 1.87. The van der Waals surface area contributed by atoms with Crippen molar-refractivity contribution < 1.29 is 0 Å². The number of halogens is 1. The SMILES string of the molecule is Cc1cnc(C(C)Nc2nc3cccc(Cl)c3s2)s1. The van der Waals surface area contributed by atoms with E-state index in [-0.39, 0.29) is 6.04 Å². The van der Waals surface area contributed by atoms with Gasteiger partial charge >= 0.3 is 0 Å². The lowest BCUT2D eigenvalue weighted by atomic mass is 10.3. The quantitative estimate of drug-likeness (QED) is 0.748. The average Bonchev–Trinajstić information content (AvgIpc) is 2.96. The molecule has 2 heterocycles. The highest BCUT2D eigenvalue weighted by Gasteiger charge is 2.12. The van der Waals surface area contributed by atoms with Crippen molar-refractivity contribution in [2.45, 2.75) is 19.9 Å². The van der Waals surface area contributed by atoms with Crippen molar-refractivity contribution in [3.8, 4) is 0 Å². The molecule has 6 heteroatoms. The predicted octanol–water partition coefficient (Wildman–Crippen LogP) is 4.89. The van der Waals surface area contributed by atoms with Gasteiger partial charge in [-0.3, -0.25) is 0 Å². The van der Waals surface area contributed by atoms with Gasteiger partial charge < -0.3 is 5.32 Å². The molecule has 0 spiro atoms. The summed E-state index contributed by atoms with van der Waals surface area (Å²) in [5.74, 6) is 0. The van der Waals surface area contributed by atoms with Gasteiger partial charge in [-0.1, -0.05) is 29.0 Å². The molecule has 0 aliphatic heterocycles. The van der Waals surface area contributed by atoms with Gasteiger partial charge in [-0.05, 0) is 26.0 Å². The van der Waals surface area contributed by atoms with E-state index in [2.05, 4.69) is 29.1 Å². The highest BCUT2D eigenvalue weighted by atomic mass is 35.5. The number of hydrogen-bond donors (Lipinski definition) is 1. The minimum atomic E-state index is 0.151. The largest absolute Gasteiger partial charge is 0.353 e. The minimum absolute atomic E-state index is 0.151. The first-order chi connectivity index (χ1) is 9.13. The molecule has 0 radical (unpaired) electrons. The van der Waals surface area contributed by atoms with Crippen LogP contribution in [0.25, 0.3) is 10.2 Å². The summed E-state index contributed by atoms with van der Waals surface area (Å²) in [6.45, 7) is 4.15. The van der Waals surface area contributed by atoms with E-state index in [0.29, 0.717) is 0 Å². The van der Waals surface area contributed by atoms with Crippen LogP contribution in [0.4, 0.5) is 5.13 Å². The zero-order valence-electron chi connectivity index (χ0n) is 10.5. The second kappa shape index (κ2) is 5.07. The fourth-order valence-electron chi connectivity index (χ4n) is 1.80. The van der Waals surface area contributed by atoms with Crippen LogP contribution in [-0.2, 0) is 0 Å². The zero-order chi connectivity index (χ0) is 13.4. The first-order valence-electron chi connectivity index (χ1n) is 5.87. The second-order valence-electron chi connectivity index (χ2n) is 4.28. The van der Waals surface area contributed by atoms with E-state index in [9.17, 15) is 0 Å². The summed E-state index contributed by atoms with van der Waals surface area (Å²) in [4.78, 5) is 10.2. The minimum Gasteiger partial charge on any atom is -0.353 e. The second-order valence-corrected chi connectivity index (χ2v) is 6.95. The fraction of sp³-hybridized carbons (Fsp3) is 0.231. The molecular weight excluding hydrogens is 298 g/mol. The van der Waals surface area contributed by atoms with Gasteiger partial charge in [-0.15, -0.1) is 11.3 Å². The Morgan fingerprint density at radius 1 is 1.32 bits per heavy atom. The topological polar surface area (TPSA) is 37.8 Å². The predicted molar refractivity (Wildman–Crippen MR) is 83.5 cm³/mol. The lowest BCUT2D eigenvalue weighted by molar-refractivity contribution is 0.868. The Hall–Kier alpha value is -1.17. The molecule has 1 N–H and O–H groups in total. The molecule has 0 aliphatic carbocycles. The van der Waals surface area contributed by atoms with Gasteiger partial charge in [0.2, 0.25) is 0 Å². The van der Waals surface area contributed by atoms with Gasteiger partial charge in [-0.25, -0.2) is 9.97 Å². The molecule has 3 nitrogen and oxygen atoms in total. The van der Waals surface area contributed by atoms with Crippen LogP contribution in [0.15, 0.2) is 24.4 Å². The number of anilines is 1. The zero-order valence-corrected chi connectivity index (χ0v) is 12.9. The van der Waals surface area contributed by atoms with Crippen molar-refractivity contribution in [2.24, 2.45) is 0 Å². The Kier molecular flexibility index (Phi) is 3.43. The van der Waals surface area contributed by atoms with Crippen LogP contribution in [0, 0.1) is 6.92 Å². The third-order valence-corrected chi connectivity index (χ3v) is 5.27. The third kappa shape index (κ3) is 2.59. The van der Waals surface area contributed by atoms with Crippen molar-refractivity contribution in [1.29, 1.82) is 0 Å². The Morgan fingerprint density at radius 3 is 2.84 bits per heavy atom. The van der Waals surface area contributed by atoms with Crippen molar-refractivity contribution in [3.63, 3.8) is 0 Å². The summed E-state index contributed by atoms with van der Waals surface area (Å²) in [6.07, 6.45) is 1.90. The van der Waals surface area contributed by atoms with Crippen LogP contribution in [0.2, 0.25) is 5.02 Å². The number of rotatable bonds is 3. The lowest BCUT2D eigenvalue weighted by Gasteiger charge is -2.08. The standard InChI is InChI=1S/C13H12ClN3S2/c1-7-6-15-12(18-7)8(2)16-13-17-10-5-3-4-9(14)11(10)19-13/h3-6,8H,1-2H3,(H,16,17). The van der Waals surface area contributed by atoms with Crippen molar-refractivity contribution >= 4 is 49.6 Å². The highest BCUT2D eigenvalue weighted by molar-refractivity contribution is 7.22. The monoisotopic (exact) mass is 309 g/mol. The third-order valence-electron chi connectivity index (χ3n) is 2.72. The van der Waals surface area contributed by atoms with Crippen LogP contribution in [0.1, 0.15) is 22.9 Å². The van der Waals surface area contributed by atoms with Crippen LogP contribution < -0.4 is 5.32 Å². The summed E-state index contributed by atoms with van der Waals surface area (Å²) in [5.41, 5.74) is 0.933. The molecule has 1 aromatic carbocycles. The van der Waals surface area contributed by atoms with E-state index in [1.165, 1.54) is 4.88 Å². The maximum absolute atomic E-state index is 6.16. The van der Waals surface area contributed by atoms with E-state index in [1.54, 1.807) is 22.7 Å². The molecule has 0 bridgehead atoms. The first-order valence-corrected chi connectivity index (χ1v) is 7.88. The maximum Gasteiger partial charge on any atom is 0.184 e. The van der Waals surface area contributed by atoms with E-state index in [1.807, 2.05) is 24.4 Å². The maximum atomic E-state index is 6.16. The lowest BCUT2D eigenvalue weighted by Crippen LogP contribution is -2.05. The van der Waals surface area contributed by atoms with E-state index in [0.717, 1.165) is 25.4 Å². The Bertz CT molecular complexity index is 720. The molecule has 98 valence electrons. The summed E-state index contributed by atoms with van der Waals surface area (Å²) in [7, 11) is 0. The molecule has 0 saturated heterocycles. The number of benzene rings is 1. The molecule has 0 aliphatic rings. The molecule has 0 amide bonds. The van der Waals surface area contributed by atoms with E-state index < -0.39 is 0 Å². The normalized spacial score (nSPS) is 12.8. The van der Waals surface area contributed by atoms with E-state index in [4.69, 9.17) is 11.6 Å². The van der Waals surface area contributed by atoms with Crippen LogP contribution in [0.5, 0.6) is 0 Å². The van der Waals surface area contributed by atoms with Crippen LogP contribution >= 0.6 is 34.3 Å². The molecule has 3 rings (SSSR count). The molecule has 1 atom stereocenters. The van der Waals surface area contributed by atoms with Crippen LogP contribution in [0.3, 0.4) is 0 Å². The number of thiazole rings is 2. The number of nitrogens with zero attached hydrogens (tertiary/aromatic N) is 2. The van der Waals surface area contributed by atoms with Gasteiger partial charge in [0.15, 0.2) is 5.13 Å². The van der Waals surface area contributed by atoms with Gasteiger partial charge in [0, 0.05) is 11.1 Å². The summed E-state index contributed by atoms with van der Waals surface area (Å²) >= 11 is 9.44. The number of fused-ring (bicyclic) bond motifs is 1. The van der Waals surface area contributed by atoms with Crippen molar-refractivity contribution in [2.75, 3.05) is 5.32 Å². The fourth-order valence-corrected chi connectivity index (χ4v) is 3.82. The molecule has 1 unspecified atom stereocenters. The molecular formula is C13H12ClN3S2. The van der Waals surface area contributed by atoms with Crippen LogP contribution in [-0.4, -0.2) is 9.97 Å².